The molecule has 2 aromatic carbocycles. The lowest BCUT2D eigenvalue weighted by Crippen LogP contribution is -2.42. The number of carbonyl (C=O) groups excluding carboxylic acids is 1. The number of sulfonamides is 1. The minimum Gasteiger partial charge on any atom is -0.352 e. The van der Waals surface area contributed by atoms with E-state index >= 15 is 0 Å². The van der Waals surface area contributed by atoms with Crippen LogP contribution in [0.4, 0.5) is 0 Å². The molecule has 1 aliphatic rings. The molecule has 0 unspecified atom stereocenters. The molecule has 1 aliphatic heterocycles. The van der Waals surface area contributed by atoms with Gasteiger partial charge in [0.1, 0.15) is 0 Å². The number of hydrogen-bond donors (Lipinski definition) is 1. The van der Waals surface area contributed by atoms with Crippen molar-refractivity contribution in [2.24, 2.45) is 13.0 Å². The number of piperidine rings is 1. The maximum atomic E-state index is 13.1. The molecule has 1 N–H and O–H groups in total. The summed E-state index contributed by atoms with van der Waals surface area (Å²) in [4.78, 5) is 24.4. The fourth-order valence-corrected chi connectivity index (χ4v) is 6.31. The summed E-state index contributed by atoms with van der Waals surface area (Å²) in [5.41, 5.74) is 2.93. The van der Waals surface area contributed by atoms with Crippen molar-refractivity contribution < 1.29 is 13.2 Å². The topological polar surface area (TPSA) is 88.5 Å². The van der Waals surface area contributed by atoms with Crippen LogP contribution in [-0.2, 0) is 28.4 Å². The minimum atomic E-state index is -3.67. The van der Waals surface area contributed by atoms with Crippen molar-refractivity contribution in [2.75, 3.05) is 13.1 Å². The van der Waals surface area contributed by atoms with E-state index in [4.69, 9.17) is 0 Å². The summed E-state index contributed by atoms with van der Waals surface area (Å²) < 4.78 is 29.8. The molecule has 0 radical (unpaired) electrons. The number of hydrogen-bond acceptors (Lipinski definition) is 5. The normalized spacial score (nSPS) is 15.9. The number of aromatic nitrogens is 1. The molecule has 0 saturated carbocycles. The minimum absolute atomic E-state index is 0.0342. The number of benzene rings is 2. The number of carbonyl (C=O) groups is 1. The van der Waals surface area contributed by atoms with Crippen molar-refractivity contribution in [3.63, 3.8) is 0 Å². The predicted molar refractivity (Wildman–Crippen MR) is 122 cm³/mol. The first-order valence-electron chi connectivity index (χ1n) is 10.2. The van der Waals surface area contributed by atoms with Gasteiger partial charge in [-0.15, -0.1) is 0 Å². The summed E-state index contributed by atoms with van der Waals surface area (Å²) in [7, 11) is -2.00. The third-order valence-electron chi connectivity index (χ3n) is 5.81. The van der Waals surface area contributed by atoms with Gasteiger partial charge < -0.3 is 9.88 Å². The van der Waals surface area contributed by atoms with Crippen LogP contribution in [-0.4, -0.2) is 36.3 Å². The number of thiazole rings is 1. The highest BCUT2D eigenvalue weighted by atomic mass is 32.2. The Morgan fingerprint density at radius 2 is 1.81 bits per heavy atom. The van der Waals surface area contributed by atoms with E-state index in [1.54, 1.807) is 25.2 Å². The SMILES string of the molecule is Cc1ccc(CNC(=O)C2CCN(S(=O)(=O)c3ccc4c(c3)sc(=O)n4C)CC2)cc1. The molecule has 31 heavy (non-hydrogen) atoms. The molecule has 3 aromatic rings. The van der Waals surface area contributed by atoms with Crippen LogP contribution < -0.4 is 10.2 Å². The molecular formula is C22H25N3O4S2. The Hall–Kier alpha value is -2.49. The summed E-state index contributed by atoms with van der Waals surface area (Å²) in [6, 6.07) is 12.8. The number of aryl methyl sites for hydroxylation is 2. The quantitative estimate of drug-likeness (QED) is 0.635. The van der Waals surface area contributed by atoms with Gasteiger partial charge in [0.25, 0.3) is 0 Å². The van der Waals surface area contributed by atoms with Gasteiger partial charge in [0.2, 0.25) is 15.9 Å². The average molecular weight is 460 g/mol. The zero-order valence-electron chi connectivity index (χ0n) is 17.5. The van der Waals surface area contributed by atoms with Crippen molar-refractivity contribution in [1.29, 1.82) is 0 Å². The molecule has 4 rings (SSSR count). The molecule has 1 fully saturated rings. The van der Waals surface area contributed by atoms with Gasteiger partial charge in [-0.3, -0.25) is 9.59 Å². The van der Waals surface area contributed by atoms with Crippen molar-refractivity contribution in [3.8, 4) is 0 Å². The highest BCUT2D eigenvalue weighted by Crippen LogP contribution is 2.27. The number of nitrogens with zero attached hydrogens (tertiary/aromatic N) is 2. The summed E-state index contributed by atoms with van der Waals surface area (Å²) in [6.45, 7) is 3.09. The van der Waals surface area contributed by atoms with Crippen LogP contribution >= 0.6 is 11.3 Å². The van der Waals surface area contributed by atoms with E-state index < -0.39 is 10.0 Å². The fourth-order valence-electron chi connectivity index (χ4n) is 3.82. The molecule has 1 aromatic heterocycles. The molecule has 7 nitrogen and oxygen atoms in total. The van der Waals surface area contributed by atoms with Crippen molar-refractivity contribution in [2.45, 2.75) is 31.2 Å². The van der Waals surface area contributed by atoms with E-state index in [1.165, 1.54) is 14.4 Å². The van der Waals surface area contributed by atoms with Gasteiger partial charge >= 0.3 is 4.87 Å². The standard InChI is InChI=1S/C22H25N3O4S2/c1-15-3-5-16(6-4-15)14-23-21(26)17-9-11-25(12-10-17)31(28,29)18-7-8-19-20(13-18)30-22(27)24(19)2/h3-8,13,17H,9-12,14H2,1-2H3,(H,23,26). The number of amides is 1. The van der Waals surface area contributed by atoms with Gasteiger partial charge in [0, 0.05) is 32.6 Å². The van der Waals surface area contributed by atoms with Crippen molar-refractivity contribution in [3.05, 3.63) is 63.3 Å². The van der Waals surface area contributed by atoms with Crippen LogP contribution in [0.3, 0.4) is 0 Å². The monoisotopic (exact) mass is 459 g/mol. The van der Waals surface area contributed by atoms with Gasteiger partial charge in [-0.2, -0.15) is 4.31 Å². The third-order valence-corrected chi connectivity index (χ3v) is 8.70. The Balaban J connectivity index is 1.38. The Bertz CT molecular complexity index is 1270. The number of rotatable bonds is 5. The highest BCUT2D eigenvalue weighted by molar-refractivity contribution is 7.89. The smallest absolute Gasteiger partial charge is 0.307 e. The van der Waals surface area contributed by atoms with Crippen LogP contribution in [0, 0.1) is 12.8 Å². The Kier molecular flexibility index (Phi) is 6.00. The lowest BCUT2D eigenvalue weighted by molar-refractivity contribution is -0.126. The van der Waals surface area contributed by atoms with Crippen LogP contribution in [0.5, 0.6) is 0 Å². The van der Waals surface area contributed by atoms with Crippen LogP contribution in [0.25, 0.3) is 10.2 Å². The molecule has 1 saturated heterocycles. The maximum absolute atomic E-state index is 13.1. The van der Waals surface area contributed by atoms with Gasteiger partial charge in [-0.1, -0.05) is 41.2 Å². The van der Waals surface area contributed by atoms with E-state index in [2.05, 4.69) is 5.32 Å². The second-order valence-electron chi connectivity index (χ2n) is 7.94. The van der Waals surface area contributed by atoms with Gasteiger partial charge in [-0.05, 0) is 43.5 Å². The zero-order chi connectivity index (χ0) is 22.2. The molecule has 1 amide bonds. The third kappa shape index (κ3) is 4.44. The zero-order valence-corrected chi connectivity index (χ0v) is 19.1. The van der Waals surface area contributed by atoms with Crippen molar-refractivity contribution >= 4 is 37.5 Å². The molecule has 9 heteroatoms. The van der Waals surface area contributed by atoms with E-state index in [0.29, 0.717) is 37.2 Å². The molecule has 0 aliphatic carbocycles. The average Bonchev–Trinajstić information content (AvgIpc) is 3.06. The molecule has 0 bridgehead atoms. The predicted octanol–water partition coefficient (Wildman–Crippen LogP) is 2.63. The summed E-state index contributed by atoms with van der Waals surface area (Å²) >= 11 is 1.04. The lowest BCUT2D eigenvalue weighted by atomic mass is 9.97. The maximum Gasteiger partial charge on any atom is 0.307 e. The summed E-state index contributed by atoms with van der Waals surface area (Å²) in [5.74, 6) is -0.230. The molecule has 0 spiro atoms. The molecule has 0 atom stereocenters. The first-order chi connectivity index (χ1) is 14.8. The van der Waals surface area contributed by atoms with Crippen LogP contribution in [0.1, 0.15) is 24.0 Å². The molecule has 2 heterocycles. The van der Waals surface area contributed by atoms with E-state index in [0.717, 1.165) is 22.4 Å². The summed E-state index contributed by atoms with van der Waals surface area (Å²) in [5, 5.41) is 2.96. The number of nitrogens with one attached hydrogen (secondary N) is 1. The largest absolute Gasteiger partial charge is 0.352 e. The van der Waals surface area contributed by atoms with Gasteiger partial charge in [-0.25, -0.2) is 8.42 Å². The summed E-state index contributed by atoms with van der Waals surface area (Å²) in [6.07, 6.45) is 0.972. The first-order valence-corrected chi connectivity index (χ1v) is 12.4. The van der Waals surface area contributed by atoms with Gasteiger partial charge in [0.15, 0.2) is 0 Å². The molecular weight excluding hydrogens is 434 g/mol. The fraction of sp³-hybridized carbons (Fsp3) is 0.364. The van der Waals surface area contributed by atoms with E-state index in [1.807, 2.05) is 31.2 Å². The Morgan fingerprint density at radius 1 is 1.13 bits per heavy atom. The number of fused-ring (bicyclic) bond motifs is 1. The Labute approximate surface area is 185 Å². The first kappa shape index (κ1) is 21.7. The lowest BCUT2D eigenvalue weighted by Gasteiger charge is -2.30. The van der Waals surface area contributed by atoms with E-state index in [-0.39, 0.29) is 21.6 Å². The van der Waals surface area contributed by atoms with Crippen LogP contribution in [0.2, 0.25) is 0 Å². The van der Waals surface area contributed by atoms with Gasteiger partial charge in [0.05, 0.1) is 15.1 Å². The van der Waals surface area contributed by atoms with Crippen LogP contribution in [0.15, 0.2) is 52.2 Å². The molecule has 164 valence electrons. The van der Waals surface area contributed by atoms with Crippen molar-refractivity contribution in [1.82, 2.24) is 14.2 Å². The second kappa shape index (κ2) is 8.57. The van der Waals surface area contributed by atoms with E-state index in [9.17, 15) is 18.0 Å². The second-order valence-corrected chi connectivity index (χ2v) is 10.9. The highest BCUT2D eigenvalue weighted by Gasteiger charge is 2.32. The Morgan fingerprint density at radius 3 is 2.48 bits per heavy atom.